The van der Waals surface area contributed by atoms with E-state index in [4.69, 9.17) is 10.2 Å². The van der Waals surface area contributed by atoms with Gasteiger partial charge >= 0.3 is 5.97 Å². The first-order valence-electron chi connectivity index (χ1n) is 4.72. The first-order valence-corrected chi connectivity index (χ1v) is 4.72. The van der Waals surface area contributed by atoms with Gasteiger partial charge in [-0.05, 0) is 23.6 Å². The number of aliphatic carboxylic acids is 1. The van der Waals surface area contributed by atoms with Crippen LogP contribution >= 0.6 is 0 Å². The second kappa shape index (κ2) is 5.32. The van der Waals surface area contributed by atoms with E-state index in [0.717, 1.165) is 16.7 Å². The molecule has 0 amide bonds. The van der Waals surface area contributed by atoms with Gasteiger partial charge in [0.1, 0.15) is 0 Å². The zero-order valence-corrected chi connectivity index (χ0v) is 8.60. The first-order chi connectivity index (χ1) is 7.13. The fraction of sp³-hybridized carbons (Fsp3) is 0.250. The Labute approximate surface area is 88.7 Å². The lowest BCUT2D eigenvalue weighted by Crippen LogP contribution is -1.90. The van der Waals surface area contributed by atoms with E-state index in [-0.39, 0.29) is 13.0 Å². The highest BCUT2D eigenvalue weighted by Crippen LogP contribution is 2.12. The van der Waals surface area contributed by atoms with Gasteiger partial charge in [-0.2, -0.15) is 0 Å². The van der Waals surface area contributed by atoms with E-state index in [1.54, 1.807) is 12.2 Å². The largest absolute Gasteiger partial charge is 0.481 e. The highest BCUT2D eigenvalue weighted by molar-refractivity contribution is 5.70. The van der Waals surface area contributed by atoms with Crippen molar-refractivity contribution in [1.82, 2.24) is 0 Å². The molecule has 0 saturated carbocycles. The van der Waals surface area contributed by atoms with E-state index in [0.29, 0.717) is 0 Å². The monoisotopic (exact) mass is 206 g/mol. The second-order valence-corrected chi connectivity index (χ2v) is 3.34. The van der Waals surface area contributed by atoms with Gasteiger partial charge in [0.25, 0.3) is 0 Å². The van der Waals surface area contributed by atoms with Crippen LogP contribution in [0.15, 0.2) is 24.3 Å². The number of carbonyl (C=O) groups is 1. The lowest BCUT2D eigenvalue weighted by Gasteiger charge is -2.02. The third-order valence-electron chi connectivity index (χ3n) is 2.14. The Hall–Kier alpha value is -1.61. The lowest BCUT2D eigenvalue weighted by atomic mass is 10.1. The minimum absolute atomic E-state index is 0.0286. The fourth-order valence-electron chi connectivity index (χ4n) is 1.30. The average molecular weight is 206 g/mol. The summed E-state index contributed by atoms with van der Waals surface area (Å²) < 4.78 is 0. The van der Waals surface area contributed by atoms with E-state index in [9.17, 15) is 4.79 Å². The highest BCUT2D eigenvalue weighted by atomic mass is 16.4. The molecule has 1 rings (SSSR count). The third kappa shape index (κ3) is 3.56. The summed E-state index contributed by atoms with van der Waals surface area (Å²) in [5.41, 5.74) is 2.85. The van der Waals surface area contributed by atoms with Crippen molar-refractivity contribution < 1.29 is 15.0 Å². The van der Waals surface area contributed by atoms with Crippen LogP contribution in [-0.2, 0) is 11.4 Å². The molecule has 2 N–H and O–H groups in total. The van der Waals surface area contributed by atoms with Crippen molar-refractivity contribution in [3.63, 3.8) is 0 Å². The molecular formula is C12H14O3. The summed E-state index contributed by atoms with van der Waals surface area (Å²) in [6.45, 7) is 1.95. The number of aliphatic hydroxyl groups is 1. The van der Waals surface area contributed by atoms with Gasteiger partial charge in [-0.1, -0.05) is 30.4 Å². The van der Waals surface area contributed by atoms with Crippen LogP contribution in [0.3, 0.4) is 0 Å². The molecule has 1 aromatic rings. The van der Waals surface area contributed by atoms with E-state index >= 15 is 0 Å². The summed E-state index contributed by atoms with van der Waals surface area (Å²) >= 11 is 0. The van der Waals surface area contributed by atoms with Gasteiger partial charge in [0.05, 0.1) is 13.0 Å². The van der Waals surface area contributed by atoms with Gasteiger partial charge in [0.15, 0.2) is 0 Å². The Morgan fingerprint density at radius 1 is 1.47 bits per heavy atom. The minimum Gasteiger partial charge on any atom is -0.481 e. The lowest BCUT2D eigenvalue weighted by molar-refractivity contribution is -0.135. The maximum absolute atomic E-state index is 10.3. The third-order valence-corrected chi connectivity index (χ3v) is 2.14. The summed E-state index contributed by atoms with van der Waals surface area (Å²) in [5, 5.41) is 17.4. The molecule has 15 heavy (non-hydrogen) atoms. The molecule has 0 unspecified atom stereocenters. The highest BCUT2D eigenvalue weighted by Gasteiger charge is 1.97. The van der Waals surface area contributed by atoms with E-state index in [2.05, 4.69) is 0 Å². The number of aryl methyl sites for hydroxylation is 1. The Bertz CT molecular complexity index is 380. The molecule has 0 aliphatic heterocycles. The van der Waals surface area contributed by atoms with Gasteiger partial charge in [-0.25, -0.2) is 0 Å². The molecular weight excluding hydrogens is 192 g/mol. The predicted molar refractivity (Wildman–Crippen MR) is 58.4 cm³/mol. The quantitative estimate of drug-likeness (QED) is 0.791. The molecule has 0 spiro atoms. The van der Waals surface area contributed by atoms with Gasteiger partial charge in [-0.3, -0.25) is 4.79 Å². The second-order valence-electron chi connectivity index (χ2n) is 3.34. The zero-order valence-electron chi connectivity index (χ0n) is 8.60. The van der Waals surface area contributed by atoms with Crippen molar-refractivity contribution in [1.29, 1.82) is 0 Å². The van der Waals surface area contributed by atoms with Crippen LogP contribution in [0.5, 0.6) is 0 Å². The van der Waals surface area contributed by atoms with Crippen molar-refractivity contribution >= 4 is 12.0 Å². The molecule has 0 fully saturated rings. The Kier molecular flexibility index (Phi) is 4.06. The number of aliphatic hydroxyl groups excluding tert-OH is 1. The van der Waals surface area contributed by atoms with Gasteiger partial charge in [0.2, 0.25) is 0 Å². The van der Waals surface area contributed by atoms with Crippen LogP contribution in [0.1, 0.15) is 23.1 Å². The minimum atomic E-state index is -0.838. The predicted octanol–water partition coefficient (Wildman–Crippen LogP) is 1.98. The SMILES string of the molecule is Cc1cc(C=CCC(=O)O)ccc1CO. The maximum atomic E-state index is 10.3. The van der Waals surface area contributed by atoms with Crippen LogP contribution in [0.4, 0.5) is 0 Å². The number of hydrogen-bond donors (Lipinski definition) is 2. The van der Waals surface area contributed by atoms with Crippen LogP contribution in [-0.4, -0.2) is 16.2 Å². The molecule has 0 aliphatic rings. The van der Waals surface area contributed by atoms with Crippen LogP contribution < -0.4 is 0 Å². The van der Waals surface area contributed by atoms with E-state index in [1.807, 2.05) is 25.1 Å². The molecule has 0 heterocycles. The first kappa shape index (κ1) is 11.5. The number of benzene rings is 1. The van der Waals surface area contributed by atoms with Crippen LogP contribution in [0, 0.1) is 6.92 Å². The summed E-state index contributed by atoms with van der Waals surface area (Å²) in [6, 6.07) is 5.62. The normalized spacial score (nSPS) is 10.8. The summed E-state index contributed by atoms with van der Waals surface area (Å²) in [4.78, 5) is 10.3. The van der Waals surface area contributed by atoms with Crippen molar-refractivity contribution in [2.75, 3.05) is 0 Å². The molecule has 0 saturated heterocycles. The molecule has 0 bridgehead atoms. The Morgan fingerprint density at radius 2 is 2.20 bits per heavy atom. The number of rotatable bonds is 4. The average Bonchev–Trinajstić information content (AvgIpc) is 2.17. The van der Waals surface area contributed by atoms with Gasteiger partial charge in [-0.15, -0.1) is 0 Å². The summed E-state index contributed by atoms with van der Waals surface area (Å²) in [7, 11) is 0. The van der Waals surface area contributed by atoms with Crippen molar-refractivity contribution in [2.45, 2.75) is 20.0 Å². The van der Waals surface area contributed by atoms with Gasteiger partial charge in [0, 0.05) is 0 Å². The Morgan fingerprint density at radius 3 is 2.73 bits per heavy atom. The summed E-state index contributed by atoms with van der Waals surface area (Å²) in [5.74, 6) is -0.838. The van der Waals surface area contributed by atoms with Crippen molar-refractivity contribution in [3.8, 4) is 0 Å². The van der Waals surface area contributed by atoms with Crippen LogP contribution in [0.25, 0.3) is 6.08 Å². The number of hydrogen-bond acceptors (Lipinski definition) is 2. The summed E-state index contributed by atoms with van der Waals surface area (Å²) in [6.07, 6.45) is 3.40. The van der Waals surface area contributed by atoms with Crippen molar-refractivity contribution in [3.05, 3.63) is 41.0 Å². The molecule has 80 valence electrons. The number of carboxylic acids is 1. The standard InChI is InChI=1S/C12H14O3/c1-9-7-10(3-2-4-12(14)15)5-6-11(9)8-13/h2-3,5-7,13H,4,8H2,1H3,(H,14,15). The van der Waals surface area contributed by atoms with Crippen molar-refractivity contribution in [2.24, 2.45) is 0 Å². The molecule has 0 atom stereocenters. The van der Waals surface area contributed by atoms with E-state index in [1.165, 1.54) is 0 Å². The van der Waals surface area contributed by atoms with Gasteiger partial charge < -0.3 is 10.2 Å². The molecule has 1 aromatic carbocycles. The topological polar surface area (TPSA) is 57.5 Å². The smallest absolute Gasteiger partial charge is 0.307 e. The fourth-order valence-corrected chi connectivity index (χ4v) is 1.30. The van der Waals surface area contributed by atoms with E-state index < -0.39 is 5.97 Å². The zero-order chi connectivity index (χ0) is 11.3. The molecule has 0 radical (unpaired) electrons. The maximum Gasteiger partial charge on any atom is 0.307 e. The number of carboxylic acid groups (broad SMARTS) is 1. The Balaban J connectivity index is 2.75. The van der Waals surface area contributed by atoms with Crippen LogP contribution in [0.2, 0.25) is 0 Å². The molecule has 0 aliphatic carbocycles. The molecule has 3 nitrogen and oxygen atoms in total. The molecule has 3 heteroatoms. The molecule has 0 aromatic heterocycles.